The first kappa shape index (κ1) is 15.7. The number of hydrogen-bond acceptors (Lipinski definition) is 2. The zero-order valence-electron chi connectivity index (χ0n) is 13.2. The number of rotatable bonds is 1. The van der Waals surface area contributed by atoms with Gasteiger partial charge >= 0.3 is 6.09 Å². The topological polar surface area (TPSA) is 50.2 Å². The van der Waals surface area contributed by atoms with Gasteiger partial charge in [0.2, 0.25) is 0 Å². The Balaban J connectivity index is 2.45. The maximum Gasteiger partial charge on any atom is 0.542 e. The molecule has 23 heavy (non-hydrogen) atoms. The normalized spacial score (nSPS) is 20.5. The Morgan fingerprint density at radius 3 is 2.43 bits per heavy atom. The average molecular weight is 330 g/mol. The van der Waals surface area contributed by atoms with E-state index in [0.717, 1.165) is 11.1 Å². The third-order valence-corrected chi connectivity index (χ3v) is 4.49. The molecule has 3 rings (SSSR count). The van der Waals surface area contributed by atoms with Crippen molar-refractivity contribution in [1.82, 2.24) is 8.99 Å². The zero-order chi connectivity index (χ0) is 16.8. The highest BCUT2D eigenvalue weighted by Gasteiger charge is 2.55. The van der Waals surface area contributed by atoms with Crippen molar-refractivity contribution >= 4 is 34.8 Å². The van der Waals surface area contributed by atoms with Gasteiger partial charge in [-0.05, 0) is 23.6 Å². The first-order valence-corrected chi connectivity index (χ1v) is 7.69. The molecule has 2 heterocycles. The molecular formula is C18H18ClN2O2+. The van der Waals surface area contributed by atoms with Gasteiger partial charge in [-0.15, -0.1) is 0 Å². The summed E-state index contributed by atoms with van der Waals surface area (Å²) in [5, 5.41) is 9.92. The Labute approximate surface area is 140 Å². The molecule has 1 aromatic heterocycles. The molecule has 1 atom stereocenters. The van der Waals surface area contributed by atoms with Gasteiger partial charge in [-0.1, -0.05) is 36.9 Å². The van der Waals surface area contributed by atoms with Crippen molar-refractivity contribution in [3.63, 3.8) is 0 Å². The number of pyridine rings is 1. The third kappa shape index (κ3) is 2.26. The standard InChI is InChI=1S/C18H17ClN2O2/c1-18(2,3)15-13-8-4-5-9-14(13)21(19,17(22)23)16(15)12-7-6-10-20-11-12/h4-11H,1-3H3/p+1. The Hall–Kier alpha value is -2.17. The molecule has 0 spiro atoms. The summed E-state index contributed by atoms with van der Waals surface area (Å²) in [7, 11) is 0. The van der Waals surface area contributed by atoms with E-state index >= 15 is 0 Å². The molecule has 4 nitrogen and oxygen atoms in total. The Kier molecular flexibility index (Phi) is 3.54. The van der Waals surface area contributed by atoms with Gasteiger partial charge in [0.25, 0.3) is 0 Å². The molecular weight excluding hydrogens is 312 g/mol. The number of quaternary nitrogens is 1. The molecule has 1 aliphatic rings. The van der Waals surface area contributed by atoms with E-state index in [1.807, 2.05) is 24.3 Å². The minimum atomic E-state index is -1.13. The van der Waals surface area contributed by atoms with Gasteiger partial charge in [0.15, 0.2) is 23.2 Å². The number of amides is 1. The van der Waals surface area contributed by atoms with E-state index in [4.69, 9.17) is 11.8 Å². The second-order valence-corrected chi connectivity index (χ2v) is 7.11. The monoisotopic (exact) mass is 329 g/mol. The van der Waals surface area contributed by atoms with E-state index in [1.165, 1.54) is 0 Å². The lowest BCUT2D eigenvalue weighted by Gasteiger charge is -2.24. The molecule has 1 aliphatic heterocycles. The second-order valence-electron chi connectivity index (χ2n) is 6.60. The fourth-order valence-corrected chi connectivity index (χ4v) is 3.47. The van der Waals surface area contributed by atoms with Gasteiger partial charge in [-0.2, -0.15) is 4.79 Å². The fourth-order valence-electron chi connectivity index (χ4n) is 3.14. The fraction of sp³-hybridized carbons (Fsp3) is 0.222. The third-order valence-electron chi connectivity index (χ3n) is 4.00. The first-order valence-electron chi connectivity index (χ1n) is 7.36. The van der Waals surface area contributed by atoms with Crippen molar-refractivity contribution in [1.29, 1.82) is 0 Å². The van der Waals surface area contributed by atoms with E-state index in [0.29, 0.717) is 16.9 Å². The molecule has 1 unspecified atom stereocenters. The van der Waals surface area contributed by atoms with Crippen LogP contribution in [-0.2, 0) is 0 Å². The summed E-state index contributed by atoms with van der Waals surface area (Å²) in [5.41, 5.74) is 3.36. The maximum atomic E-state index is 12.1. The van der Waals surface area contributed by atoms with Crippen molar-refractivity contribution in [2.24, 2.45) is 5.41 Å². The molecule has 0 saturated heterocycles. The predicted molar refractivity (Wildman–Crippen MR) is 92.6 cm³/mol. The molecule has 1 aromatic carbocycles. The number of benzene rings is 1. The van der Waals surface area contributed by atoms with Crippen molar-refractivity contribution in [2.75, 3.05) is 0 Å². The smallest absolute Gasteiger partial charge is 0.434 e. The second kappa shape index (κ2) is 5.18. The Bertz CT molecular complexity index is 809. The Morgan fingerprint density at radius 2 is 1.87 bits per heavy atom. The van der Waals surface area contributed by atoms with Crippen molar-refractivity contribution < 1.29 is 9.90 Å². The number of carbonyl (C=O) groups is 1. The van der Waals surface area contributed by atoms with E-state index < -0.39 is 10.1 Å². The number of carboxylic acid groups (broad SMARTS) is 1. The van der Waals surface area contributed by atoms with Crippen LogP contribution in [0.25, 0.3) is 11.3 Å². The minimum absolute atomic E-state index is 0.272. The summed E-state index contributed by atoms with van der Waals surface area (Å²) >= 11 is 6.69. The summed E-state index contributed by atoms with van der Waals surface area (Å²) in [6.07, 6.45) is 2.19. The lowest BCUT2D eigenvalue weighted by atomic mass is 9.81. The van der Waals surface area contributed by atoms with Gasteiger partial charge in [0.05, 0.1) is 5.56 Å². The number of halogens is 1. The number of nitrogens with zero attached hydrogens (tertiary/aromatic N) is 2. The van der Waals surface area contributed by atoms with Crippen molar-refractivity contribution in [3.05, 3.63) is 59.9 Å². The number of hydrogen-bond donors (Lipinski definition) is 1. The van der Waals surface area contributed by atoms with E-state index in [9.17, 15) is 9.90 Å². The van der Waals surface area contributed by atoms with Gasteiger partial charge < -0.3 is 5.11 Å². The molecule has 0 bridgehead atoms. The molecule has 0 fully saturated rings. The minimum Gasteiger partial charge on any atom is -0.434 e. The SMILES string of the molecule is CC(C)(C)C1=C(c2cccnc2)[N+](Cl)(C(=O)O)c2ccccc21. The van der Waals surface area contributed by atoms with E-state index in [1.54, 1.807) is 24.5 Å². The summed E-state index contributed by atoms with van der Waals surface area (Å²) in [5.74, 6) is 0. The molecule has 118 valence electrons. The average Bonchev–Trinajstić information content (AvgIpc) is 2.79. The highest BCUT2D eigenvalue weighted by molar-refractivity contribution is 6.39. The molecule has 1 amide bonds. The van der Waals surface area contributed by atoms with Crippen molar-refractivity contribution in [3.8, 4) is 0 Å². The van der Waals surface area contributed by atoms with E-state index in [-0.39, 0.29) is 5.41 Å². The van der Waals surface area contributed by atoms with Crippen LogP contribution < -0.4 is 4.00 Å². The van der Waals surface area contributed by atoms with Crippen LogP contribution in [0.4, 0.5) is 10.5 Å². The summed E-state index contributed by atoms with van der Waals surface area (Å²) in [6, 6.07) is 11.0. The lowest BCUT2D eigenvalue weighted by molar-refractivity contribution is 0.185. The molecule has 1 N–H and O–H groups in total. The Morgan fingerprint density at radius 1 is 1.17 bits per heavy atom. The largest absolute Gasteiger partial charge is 0.542 e. The summed E-state index contributed by atoms with van der Waals surface area (Å²) < 4.78 is -0.783. The summed E-state index contributed by atoms with van der Waals surface area (Å²) in [6.45, 7) is 6.18. The van der Waals surface area contributed by atoms with Crippen LogP contribution in [0.5, 0.6) is 0 Å². The number of para-hydroxylation sites is 1. The highest BCUT2D eigenvalue weighted by Crippen LogP contribution is 2.56. The molecule has 0 saturated carbocycles. The van der Waals surface area contributed by atoms with Gasteiger partial charge in [0, 0.05) is 29.6 Å². The van der Waals surface area contributed by atoms with Gasteiger partial charge in [0.1, 0.15) is 0 Å². The zero-order valence-corrected chi connectivity index (χ0v) is 14.0. The molecule has 2 aromatic rings. The molecule has 0 radical (unpaired) electrons. The quantitative estimate of drug-likeness (QED) is 0.736. The van der Waals surface area contributed by atoms with Gasteiger partial charge in [-0.25, -0.2) is 0 Å². The predicted octanol–water partition coefficient (Wildman–Crippen LogP) is 5.15. The van der Waals surface area contributed by atoms with Crippen LogP contribution in [0.1, 0.15) is 31.9 Å². The van der Waals surface area contributed by atoms with Crippen LogP contribution in [-0.4, -0.2) is 16.2 Å². The van der Waals surface area contributed by atoms with Crippen LogP contribution in [0, 0.1) is 5.41 Å². The van der Waals surface area contributed by atoms with Crippen LogP contribution in [0.2, 0.25) is 0 Å². The number of fused-ring (bicyclic) bond motifs is 1. The maximum absolute atomic E-state index is 12.1. The van der Waals surface area contributed by atoms with Crippen LogP contribution in [0.15, 0.2) is 48.8 Å². The van der Waals surface area contributed by atoms with Crippen molar-refractivity contribution in [2.45, 2.75) is 20.8 Å². The number of allylic oxidation sites excluding steroid dienone is 1. The van der Waals surface area contributed by atoms with Crippen LogP contribution in [0.3, 0.4) is 0 Å². The highest BCUT2D eigenvalue weighted by atomic mass is 35.5. The van der Waals surface area contributed by atoms with Crippen LogP contribution >= 0.6 is 11.8 Å². The first-order chi connectivity index (χ1) is 10.8. The van der Waals surface area contributed by atoms with Gasteiger partial charge in [-0.3, -0.25) is 4.98 Å². The summed E-state index contributed by atoms with van der Waals surface area (Å²) in [4.78, 5) is 16.3. The molecule has 5 heteroatoms. The lowest BCUT2D eigenvalue weighted by Crippen LogP contribution is -2.41. The number of aromatic nitrogens is 1. The van der Waals surface area contributed by atoms with E-state index in [2.05, 4.69) is 25.8 Å². The molecule has 0 aliphatic carbocycles.